The second-order valence-corrected chi connectivity index (χ2v) is 6.06. The summed E-state index contributed by atoms with van der Waals surface area (Å²) in [5.41, 5.74) is 2.25. The van der Waals surface area contributed by atoms with E-state index in [2.05, 4.69) is 9.97 Å². The third-order valence-electron chi connectivity index (χ3n) is 4.58. The number of benzene rings is 1. The highest BCUT2D eigenvalue weighted by Gasteiger charge is 2.55. The molecule has 6 heteroatoms. The average Bonchev–Trinajstić information content (AvgIpc) is 3.16. The topological polar surface area (TPSA) is 83.1 Å². The number of aromatic amines is 1. The molecule has 1 saturated heterocycles. The van der Waals surface area contributed by atoms with Gasteiger partial charge in [-0.1, -0.05) is 0 Å². The van der Waals surface area contributed by atoms with E-state index >= 15 is 0 Å². The molecule has 2 aliphatic rings. The molecule has 1 aliphatic carbocycles. The van der Waals surface area contributed by atoms with Crippen LogP contribution in [0.1, 0.15) is 19.8 Å². The Labute approximate surface area is 126 Å². The van der Waals surface area contributed by atoms with Gasteiger partial charge >= 0.3 is 0 Å². The largest absolute Gasteiger partial charge is 0.345 e. The number of aromatic nitrogens is 2. The molecule has 2 heterocycles. The number of carbonyl (C=O) groups is 3. The summed E-state index contributed by atoms with van der Waals surface area (Å²) >= 11 is 0. The number of hydrogen-bond acceptors (Lipinski definition) is 4. The Morgan fingerprint density at radius 1 is 1.32 bits per heavy atom. The van der Waals surface area contributed by atoms with Gasteiger partial charge in [-0.05, 0) is 43.9 Å². The predicted octanol–water partition coefficient (Wildman–Crippen LogP) is 1.46. The molecule has 0 radical (unpaired) electrons. The quantitative estimate of drug-likeness (QED) is 0.687. The summed E-state index contributed by atoms with van der Waals surface area (Å²) in [5, 5.41) is 0. The molecule has 0 spiro atoms. The van der Waals surface area contributed by atoms with Gasteiger partial charge in [-0.2, -0.15) is 0 Å². The Morgan fingerprint density at radius 3 is 2.77 bits per heavy atom. The van der Waals surface area contributed by atoms with E-state index in [0.717, 1.165) is 23.9 Å². The maximum absolute atomic E-state index is 12.4. The fourth-order valence-electron chi connectivity index (χ4n) is 3.40. The van der Waals surface area contributed by atoms with Crippen molar-refractivity contribution in [1.82, 2.24) is 9.97 Å². The van der Waals surface area contributed by atoms with Crippen molar-refractivity contribution in [3.63, 3.8) is 0 Å². The van der Waals surface area contributed by atoms with E-state index in [-0.39, 0.29) is 17.7 Å². The van der Waals surface area contributed by atoms with Crippen LogP contribution in [0, 0.1) is 11.8 Å². The van der Waals surface area contributed by atoms with Crippen LogP contribution in [0.3, 0.4) is 0 Å². The Bertz CT molecular complexity index is 806. The van der Waals surface area contributed by atoms with E-state index in [1.165, 1.54) is 11.8 Å². The minimum atomic E-state index is -0.822. The van der Waals surface area contributed by atoms with Gasteiger partial charge in [0.2, 0.25) is 5.78 Å². The van der Waals surface area contributed by atoms with Crippen molar-refractivity contribution in [1.29, 1.82) is 0 Å². The van der Waals surface area contributed by atoms with E-state index < -0.39 is 17.6 Å². The van der Waals surface area contributed by atoms with Crippen LogP contribution in [-0.2, 0) is 14.4 Å². The van der Waals surface area contributed by atoms with Crippen molar-refractivity contribution in [2.75, 3.05) is 4.90 Å². The maximum Gasteiger partial charge on any atom is 0.295 e. The number of rotatable bonds is 3. The summed E-state index contributed by atoms with van der Waals surface area (Å²) in [5.74, 6) is -1.95. The van der Waals surface area contributed by atoms with Crippen LogP contribution in [0.2, 0.25) is 0 Å². The number of Topliss-reactive ketones (excluding diaryl/α,β-unsaturated/α-hetero) is 2. The van der Waals surface area contributed by atoms with Gasteiger partial charge in [0, 0.05) is 5.69 Å². The SMILES string of the molecule is CC(=O)C1C(=O)C(=O)N(c2ccc3nc[nH]c3c2)C1C1CC1. The van der Waals surface area contributed by atoms with Gasteiger partial charge in [-0.3, -0.25) is 14.4 Å². The molecule has 1 aromatic carbocycles. The van der Waals surface area contributed by atoms with Crippen LogP contribution in [-0.4, -0.2) is 33.5 Å². The summed E-state index contributed by atoms with van der Waals surface area (Å²) in [6.45, 7) is 1.40. The molecule has 1 N–H and O–H groups in total. The van der Waals surface area contributed by atoms with Crippen LogP contribution >= 0.6 is 0 Å². The summed E-state index contributed by atoms with van der Waals surface area (Å²) in [7, 11) is 0. The minimum Gasteiger partial charge on any atom is -0.345 e. The third-order valence-corrected chi connectivity index (χ3v) is 4.58. The highest BCUT2D eigenvalue weighted by Crippen LogP contribution is 2.44. The van der Waals surface area contributed by atoms with Gasteiger partial charge in [0.15, 0.2) is 0 Å². The molecule has 2 aromatic rings. The number of imidazole rings is 1. The summed E-state index contributed by atoms with van der Waals surface area (Å²) in [6.07, 6.45) is 3.50. The Kier molecular flexibility index (Phi) is 2.69. The molecule has 112 valence electrons. The fourth-order valence-corrected chi connectivity index (χ4v) is 3.40. The Balaban J connectivity index is 1.82. The van der Waals surface area contributed by atoms with Crippen LogP contribution in [0.15, 0.2) is 24.5 Å². The molecule has 1 saturated carbocycles. The number of nitrogens with zero attached hydrogens (tertiary/aromatic N) is 2. The molecule has 2 atom stereocenters. The molecule has 22 heavy (non-hydrogen) atoms. The average molecular weight is 297 g/mol. The van der Waals surface area contributed by atoms with Crippen LogP contribution in [0.4, 0.5) is 5.69 Å². The standard InChI is InChI=1S/C16H15N3O3/c1-8(20)13-14(9-2-3-9)19(16(22)15(13)21)10-4-5-11-12(6-10)18-7-17-11/h4-7,9,13-14H,2-3H2,1H3,(H,17,18). The number of H-pyrrole nitrogens is 1. The Morgan fingerprint density at radius 2 is 2.09 bits per heavy atom. The normalized spacial score (nSPS) is 25.2. The maximum atomic E-state index is 12.4. The summed E-state index contributed by atoms with van der Waals surface area (Å²) < 4.78 is 0. The van der Waals surface area contributed by atoms with Gasteiger partial charge in [-0.25, -0.2) is 4.98 Å². The molecule has 4 rings (SSSR count). The van der Waals surface area contributed by atoms with Crippen LogP contribution in [0.25, 0.3) is 11.0 Å². The van der Waals surface area contributed by atoms with Crippen molar-refractivity contribution < 1.29 is 14.4 Å². The lowest BCUT2D eigenvalue weighted by molar-refractivity contribution is -0.138. The zero-order valence-corrected chi connectivity index (χ0v) is 12.1. The number of carbonyl (C=O) groups excluding carboxylic acids is 3. The van der Waals surface area contributed by atoms with Crippen molar-refractivity contribution in [3.8, 4) is 0 Å². The first-order valence-corrected chi connectivity index (χ1v) is 7.39. The number of nitrogens with one attached hydrogen (secondary N) is 1. The van der Waals surface area contributed by atoms with E-state index in [1.54, 1.807) is 12.4 Å². The van der Waals surface area contributed by atoms with Crippen molar-refractivity contribution in [3.05, 3.63) is 24.5 Å². The number of hydrogen-bond donors (Lipinski definition) is 1. The fraction of sp³-hybridized carbons (Fsp3) is 0.375. The van der Waals surface area contributed by atoms with Gasteiger partial charge in [0.1, 0.15) is 11.7 Å². The first kappa shape index (κ1) is 13.2. The van der Waals surface area contributed by atoms with E-state index in [9.17, 15) is 14.4 Å². The first-order valence-electron chi connectivity index (χ1n) is 7.39. The predicted molar refractivity (Wildman–Crippen MR) is 79.3 cm³/mol. The summed E-state index contributed by atoms with van der Waals surface area (Å²) in [6, 6.07) is 5.07. The molecule has 1 amide bonds. The molecule has 1 aliphatic heterocycles. The van der Waals surface area contributed by atoms with Gasteiger partial charge < -0.3 is 9.88 Å². The number of amides is 1. The first-order chi connectivity index (χ1) is 10.6. The van der Waals surface area contributed by atoms with Gasteiger partial charge in [-0.15, -0.1) is 0 Å². The molecule has 2 fully saturated rings. The number of ketones is 2. The highest BCUT2D eigenvalue weighted by molar-refractivity contribution is 6.48. The monoisotopic (exact) mass is 297 g/mol. The highest BCUT2D eigenvalue weighted by atomic mass is 16.2. The molecular weight excluding hydrogens is 282 g/mol. The zero-order valence-electron chi connectivity index (χ0n) is 12.1. The minimum absolute atomic E-state index is 0.222. The molecular formula is C16H15N3O3. The number of fused-ring (bicyclic) bond motifs is 1. The van der Waals surface area contributed by atoms with Crippen molar-refractivity contribution in [2.24, 2.45) is 11.8 Å². The lowest BCUT2D eigenvalue weighted by Gasteiger charge is -2.26. The lowest BCUT2D eigenvalue weighted by Crippen LogP contribution is -2.38. The van der Waals surface area contributed by atoms with Gasteiger partial charge in [0.05, 0.1) is 23.4 Å². The zero-order chi connectivity index (χ0) is 15.4. The van der Waals surface area contributed by atoms with Crippen LogP contribution in [0.5, 0.6) is 0 Å². The van der Waals surface area contributed by atoms with E-state index in [4.69, 9.17) is 0 Å². The van der Waals surface area contributed by atoms with Crippen molar-refractivity contribution >= 4 is 34.2 Å². The van der Waals surface area contributed by atoms with E-state index in [0.29, 0.717) is 5.69 Å². The second-order valence-electron chi connectivity index (χ2n) is 6.06. The number of anilines is 1. The molecule has 0 bridgehead atoms. The van der Waals surface area contributed by atoms with Crippen LogP contribution < -0.4 is 4.90 Å². The third kappa shape index (κ3) is 1.80. The second kappa shape index (κ2) is 4.50. The van der Waals surface area contributed by atoms with Gasteiger partial charge in [0.25, 0.3) is 5.91 Å². The summed E-state index contributed by atoms with van der Waals surface area (Å²) in [4.78, 5) is 45.2. The lowest BCUT2D eigenvalue weighted by atomic mass is 9.92. The smallest absolute Gasteiger partial charge is 0.295 e. The molecule has 2 unspecified atom stereocenters. The van der Waals surface area contributed by atoms with Crippen molar-refractivity contribution in [2.45, 2.75) is 25.8 Å². The van der Waals surface area contributed by atoms with E-state index in [1.807, 2.05) is 12.1 Å². The molecule has 6 nitrogen and oxygen atoms in total. The Hall–Kier alpha value is -2.50. The molecule has 1 aromatic heterocycles.